The number of nitrogens with two attached hydrogens (primary N) is 1. The summed E-state index contributed by atoms with van der Waals surface area (Å²) in [5, 5.41) is 0. The molecule has 0 heterocycles. The molecule has 1 nitrogen and oxygen atoms in total. The summed E-state index contributed by atoms with van der Waals surface area (Å²) < 4.78 is 0. The SMILES string of the molecule is C=Cc1ccccc1CC.CC(C)(C)N. The third kappa shape index (κ3) is 7.95. The molecule has 1 aromatic rings. The number of hydrogen-bond donors (Lipinski definition) is 1. The summed E-state index contributed by atoms with van der Waals surface area (Å²) in [6.07, 6.45) is 2.99. The quantitative estimate of drug-likeness (QED) is 0.784. The van der Waals surface area contributed by atoms with Gasteiger partial charge in [0.05, 0.1) is 0 Å². The van der Waals surface area contributed by atoms with E-state index in [1.165, 1.54) is 11.1 Å². The molecule has 0 saturated heterocycles. The molecule has 0 saturated carbocycles. The highest BCUT2D eigenvalue weighted by Gasteiger charge is 1.95. The van der Waals surface area contributed by atoms with E-state index in [1.54, 1.807) is 0 Å². The zero-order valence-corrected chi connectivity index (χ0v) is 10.4. The van der Waals surface area contributed by atoms with E-state index in [0.29, 0.717) is 0 Å². The van der Waals surface area contributed by atoms with Crippen molar-refractivity contribution in [2.45, 2.75) is 39.7 Å². The highest BCUT2D eigenvalue weighted by atomic mass is 14.7. The first kappa shape index (κ1) is 13.9. The van der Waals surface area contributed by atoms with Gasteiger partial charge in [-0.1, -0.05) is 43.8 Å². The van der Waals surface area contributed by atoms with Crippen LogP contribution in [0.4, 0.5) is 0 Å². The maximum absolute atomic E-state index is 5.35. The van der Waals surface area contributed by atoms with E-state index in [4.69, 9.17) is 5.73 Å². The lowest BCUT2D eigenvalue weighted by Gasteiger charge is -2.06. The third-order valence-corrected chi connectivity index (χ3v) is 1.66. The van der Waals surface area contributed by atoms with E-state index >= 15 is 0 Å². The fraction of sp³-hybridized carbons (Fsp3) is 0.429. The monoisotopic (exact) mass is 205 g/mol. The van der Waals surface area contributed by atoms with E-state index in [1.807, 2.05) is 32.9 Å². The van der Waals surface area contributed by atoms with Crippen LogP contribution in [-0.4, -0.2) is 5.54 Å². The van der Waals surface area contributed by atoms with Crippen LogP contribution in [0.2, 0.25) is 0 Å². The lowest BCUT2D eigenvalue weighted by molar-refractivity contribution is 0.580. The first-order valence-corrected chi connectivity index (χ1v) is 5.37. The lowest BCUT2D eigenvalue weighted by Crippen LogP contribution is -2.26. The van der Waals surface area contributed by atoms with Crippen LogP contribution in [0.5, 0.6) is 0 Å². The van der Waals surface area contributed by atoms with Crippen LogP contribution < -0.4 is 5.73 Å². The van der Waals surface area contributed by atoms with Crippen molar-refractivity contribution >= 4 is 6.08 Å². The van der Waals surface area contributed by atoms with E-state index < -0.39 is 0 Å². The maximum Gasteiger partial charge on any atom is 0.00686 e. The Bertz CT molecular complexity index is 288. The van der Waals surface area contributed by atoms with Crippen LogP contribution in [0.15, 0.2) is 30.8 Å². The van der Waals surface area contributed by atoms with Crippen LogP contribution in [0.1, 0.15) is 38.8 Å². The molecule has 0 aliphatic carbocycles. The van der Waals surface area contributed by atoms with E-state index in [0.717, 1.165) is 6.42 Å². The van der Waals surface area contributed by atoms with Gasteiger partial charge in [0.2, 0.25) is 0 Å². The molecule has 0 fully saturated rings. The summed E-state index contributed by atoms with van der Waals surface area (Å²) in [5.74, 6) is 0. The van der Waals surface area contributed by atoms with Crippen LogP contribution in [0.3, 0.4) is 0 Å². The van der Waals surface area contributed by atoms with Gasteiger partial charge in [-0.2, -0.15) is 0 Å². The average Bonchev–Trinajstić information content (AvgIpc) is 2.15. The molecule has 0 aliphatic rings. The Hall–Kier alpha value is -1.08. The minimum absolute atomic E-state index is 0. The maximum atomic E-state index is 5.35. The van der Waals surface area contributed by atoms with Gasteiger partial charge in [-0.25, -0.2) is 0 Å². The lowest BCUT2D eigenvalue weighted by atomic mass is 10.1. The Morgan fingerprint density at radius 1 is 1.27 bits per heavy atom. The molecular formula is C14H23N. The van der Waals surface area contributed by atoms with Crippen molar-refractivity contribution in [2.24, 2.45) is 5.73 Å². The Morgan fingerprint density at radius 3 is 2.07 bits per heavy atom. The number of rotatable bonds is 2. The molecule has 0 atom stereocenters. The Balaban J connectivity index is 0.000000336. The Morgan fingerprint density at radius 2 is 1.73 bits per heavy atom. The second kappa shape index (κ2) is 6.41. The van der Waals surface area contributed by atoms with E-state index in [2.05, 4.69) is 31.7 Å². The number of benzene rings is 1. The van der Waals surface area contributed by atoms with E-state index in [-0.39, 0.29) is 5.54 Å². The van der Waals surface area contributed by atoms with Crippen molar-refractivity contribution in [3.05, 3.63) is 42.0 Å². The molecular weight excluding hydrogens is 182 g/mol. The number of aryl methyl sites for hydroxylation is 1. The molecule has 0 spiro atoms. The predicted molar refractivity (Wildman–Crippen MR) is 69.9 cm³/mol. The summed E-state index contributed by atoms with van der Waals surface area (Å²) >= 11 is 0. The van der Waals surface area contributed by atoms with Gasteiger partial charge in [0, 0.05) is 5.54 Å². The minimum atomic E-state index is 0. The molecule has 0 aromatic heterocycles. The fourth-order valence-electron chi connectivity index (χ4n) is 1.06. The molecule has 1 heteroatoms. The van der Waals surface area contributed by atoms with Gasteiger partial charge in [0.25, 0.3) is 0 Å². The summed E-state index contributed by atoms with van der Waals surface area (Å²) in [7, 11) is 0. The molecule has 0 amide bonds. The van der Waals surface area contributed by atoms with Gasteiger partial charge in [-0.3, -0.25) is 0 Å². The average molecular weight is 205 g/mol. The van der Waals surface area contributed by atoms with Gasteiger partial charge < -0.3 is 5.73 Å². The van der Waals surface area contributed by atoms with Gasteiger partial charge in [0.1, 0.15) is 0 Å². The molecule has 2 N–H and O–H groups in total. The summed E-state index contributed by atoms with van der Waals surface area (Å²) in [5.41, 5.74) is 7.98. The van der Waals surface area contributed by atoms with Crippen LogP contribution in [-0.2, 0) is 6.42 Å². The largest absolute Gasteiger partial charge is 0.326 e. The molecule has 0 radical (unpaired) electrons. The van der Waals surface area contributed by atoms with E-state index in [9.17, 15) is 0 Å². The molecule has 84 valence electrons. The first-order chi connectivity index (χ1) is 6.88. The van der Waals surface area contributed by atoms with Crippen LogP contribution in [0.25, 0.3) is 6.08 Å². The zero-order chi connectivity index (χ0) is 11.9. The van der Waals surface area contributed by atoms with Crippen LogP contribution in [0, 0.1) is 0 Å². The second-order valence-corrected chi connectivity index (χ2v) is 4.62. The van der Waals surface area contributed by atoms with Crippen molar-refractivity contribution in [1.82, 2.24) is 0 Å². The van der Waals surface area contributed by atoms with Crippen LogP contribution >= 0.6 is 0 Å². The predicted octanol–water partition coefficient (Wildman–Crippen LogP) is 3.64. The van der Waals surface area contributed by atoms with Crippen molar-refractivity contribution < 1.29 is 0 Å². The van der Waals surface area contributed by atoms with Crippen molar-refractivity contribution in [1.29, 1.82) is 0 Å². The fourth-order valence-corrected chi connectivity index (χ4v) is 1.06. The first-order valence-electron chi connectivity index (χ1n) is 5.37. The minimum Gasteiger partial charge on any atom is -0.326 e. The highest BCUT2D eigenvalue weighted by Crippen LogP contribution is 2.09. The van der Waals surface area contributed by atoms with Gasteiger partial charge in [-0.05, 0) is 38.3 Å². The number of hydrogen-bond acceptors (Lipinski definition) is 1. The molecule has 0 unspecified atom stereocenters. The molecule has 0 bridgehead atoms. The smallest absolute Gasteiger partial charge is 0.00686 e. The summed E-state index contributed by atoms with van der Waals surface area (Å²) in [6.45, 7) is 11.8. The molecule has 1 aromatic carbocycles. The Labute approximate surface area is 94.0 Å². The van der Waals surface area contributed by atoms with Crippen molar-refractivity contribution in [2.75, 3.05) is 0 Å². The molecule has 1 rings (SSSR count). The van der Waals surface area contributed by atoms with Gasteiger partial charge >= 0.3 is 0 Å². The normalized spacial score (nSPS) is 10.2. The molecule has 0 aliphatic heterocycles. The van der Waals surface area contributed by atoms with Gasteiger partial charge in [0.15, 0.2) is 0 Å². The summed E-state index contributed by atoms with van der Waals surface area (Å²) in [6, 6.07) is 8.32. The standard InChI is InChI=1S/C10H12.C4H11N/c1-3-9-7-5-6-8-10(9)4-2;1-4(2,3)5/h3,5-8H,1,4H2,2H3;5H2,1-3H3. The topological polar surface area (TPSA) is 26.0 Å². The Kier molecular flexibility index (Phi) is 5.95. The van der Waals surface area contributed by atoms with Crippen molar-refractivity contribution in [3.63, 3.8) is 0 Å². The molecule has 15 heavy (non-hydrogen) atoms. The third-order valence-electron chi connectivity index (χ3n) is 1.66. The highest BCUT2D eigenvalue weighted by molar-refractivity contribution is 5.51. The summed E-state index contributed by atoms with van der Waals surface area (Å²) in [4.78, 5) is 0. The zero-order valence-electron chi connectivity index (χ0n) is 10.4. The van der Waals surface area contributed by atoms with Gasteiger partial charge in [-0.15, -0.1) is 0 Å². The second-order valence-electron chi connectivity index (χ2n) is 4.62. The van der Waals surface area contributed by atoms with Crippen molar-refractivity contribution in [3.8, 4) is 0 Å².